The summed E-state index contributed by atoms with van der Waals surface area (Å²) in [5, 5.41) is 0. The van der Waals surface area contributed by atoms with Gasteiger partial charge in [-0.1, -0.05) is 0 Å². The van der Waals surface area contributed by atoms with E-state index in [4.69, 9.17) is 4.42 Å². The van der Waals surface area contributed by atoms with Crippen LogP contribution in [0.2, 0.25) is 0 Å². The highest BCUT2D eigenvalue weighted by molar-refractivity contribution is 7.86. The van der Waals surface area contributed by atoms with Crippen molar-refractivity contribution in [1.82, 2.24) is 18.5 Å². The minimum atomic E-state index is -3.49. The number of benzene rings is 1. The number of nitrogens with one attached hydrogen (secondary N) is 1. The number of rotatable bonds is 3. The summed E-state index contributed by atoms with van der Waals surface area (Å²) in [7, 11) is -0.510. The maximum Gasteiger partial charge on any atom is 0.417 e. The van der Waals surface area contributed by atoms with Crippen LogP contribution in [0.15, 0.2) is 27.4 Å². The van der Waals surface area contributed by atoms with Gasteiger partial charge in [0.1, 0.15) is 0 Å². The lowest BCUT2D eigenvalue weighted by Gasteiger charge is -2.24. The Morgan fingerprint density at radius 1 is 1.20 bits per heavy atom. The summed E-state index contributed by atoms with van der Waals surface area (Å²) < 4.78 is 32.0. The Bertz CT molecular complexity index is 946. The van der Waals surface area contributed by atoms with E-state index in [1.54, 1.807) is 17.0 Å². The summed E-state index contributed by atoms with van der Waals surface area (Å²) >= 11 is 0. The average molecular weight is 368 g/mol. The molecule has 0 radical (unpaired) electrons. The molecule has 2 aromatic rings. The normalized spacial score (nSPS) is 17.2. The Kier molecular flexibility index (Phi) is 4.67. The van der Waals surface area contributed by atoms with Gasteiger partial charge < -0.3 is 9.32 Å². The van der Waals surface area contributed by atoms with Crippen LogP contribution in [0.1, 0.15) is 16.8 Å². The first-order valence-electron chi connectivity index (χ1n) is 7.89. The third-order valence-corrected chi connectivity index (χ3v) is 6.14. The molecule has 136 valence electrons. The number of aromatic nitrogens is 1. The zero-order chi connectivity index (χ0) is 18.2. The molecule has 1 aliphatic rings. The molecule has 0 spiro atoms. The smallest absolute Gasteiger partial charge is 0.408 e. The number of hydrogen-bond acceptors (Lipinski definition) is 5. The topological polar surface area (TPSA) is 107 Å². The van der Waals surface area contributed by atoms with Gasteiger partial charge in [-0.05, 0) is 24.6 Å². The first-order valence-corrected chi connectivity index (χ1v) is 9.28. The predicted octanol–water partition coefficient (Wildman–Crippen LogP) is 0.0754. The number of oxazole rings is 1. The second kappa shape index (κ2) is 6.62. The number of carbonyl (C=O) groups is 1. The summed E-state index contributed by atoms with van der Waals surface area (Å²) in [5.41, 5.74) is 1.25. The lowest BCUT2D eigenvalue weighted by molar-refractivity contribution is 0.0764. The number of fused-ring (bicyclic) bond motifs is 1. The fourth-order valence-electron chi connectivity index (χ4n) is 2.82. The second-order valence-corrected chi connectivity index (χ2v) is 8.20. The van der Waals surface area contributed by atoms with Crippen LogP contribution in [0.4, 0.5) is 0 Å². The SMILES string of the molecule is CN(C)S(=O)(=O)N1CCCN(C(=O)c2ccc3[nH]c(=O)oc3c2)CC1. The summed E-state index contributed by atoms with van der Waals surface area (Å²) in [6.07, 6.45) is 0.556. The van der Waals surface area contributed by atoms with Crippen LogP contribution in [0.25, 0.3) is 11.1 Å². The van der Waals surface area contributed by atoms with Crippen molar-refractivity contribution in [2.75, 3.05) is 40.3 Å². The summed E-state index contributed by atoms with van der Waals surface area (Å²) in [5.74, 6) is -0.784. The van der Waals surface area contributed by atoms with Gasteiger partial charge in [-0.15, -0.1) is 0 Å². The lowest BCUT2D eigenvalue weighted by Crippen LogP contribution is -2.42. The van der Waals surface area contributed by atoms with Crippen LogP contribution in [0.3, 0.4) is 0 Å². The predicted molar refractivity (Wildman–Crippen MR) is 91.5 cm³/mol. The Labute approximate surface area is 145 Å². The second-order valence-electron chi connectivity index (χ2n) is 6.06. The van der Waals surface area contributed by atoms with E-state index in [0.717, 1.165) is 0 Å². The molecule has 1 fully saturated rings. The van der Waals surface area contributed by atoms with Crippen molar-refractivity contribution in [3.63, 3.8) is 0 Å². The van der Waals surface area contributed by atoms with Crippen molar-refractivity contribution in [1.29, 1.82) is 0 Å². The Balaban J connectivity index is 1.77. The molecule has 3 rings (SSSR count). The fourth-order valence-corrected chi connectivity index (χ4v) is 3.95. The van der Waals surface area contributed by atoms with Crippen LogP contribution in [-0.2, 0) is 10.2 Å². The fraction of sp³-hybridized carbons (Fsp3) is 0.467. The van der Waals surface area contributed by atoms with Crippen LogP contribution in [0.5, 0.6) is 0 Å². The van der Waals surface area contributed by atoms with Gasteiger partial charge in [-0.3, -0.25) is 9.78 Å². The highest BCUT2D eigenvalue weighted by Crippen LogP contribution is 2.16. The number of nitrogens with zero attached hydrogens (tertiary/aromatic N) is 3. The highest BCUT2D eigenvalue weighted by Gasteiger charge is 2.28. The monoisotopic (exact) mass is 368 g/mol. The van der Waals surface area contributed by atoms with Crippen molar-refractivity contribution >= 4 is 27.2 Å². The third kappa shape index (κ3) is 3.46. The van der Waals surface area contributed by atoms with E-state index in [1.165, 1.54) is 28.8 Å². The van der Waals surface area contributed by atoms with Gasteiger partial charge in [0.25, 0.3) is 16.1 Å². The van der Waals surface area contributed by atoms with Crippen LogP contribution in [0, 0.1) is 0 Å². The zero-order valence-corrected chi connectivity index (χ0v) is 14.9. The first kappa shape index (κ1) is 17.6. The van der Waals surface area contributed by atoms with Crippen molar-refractivity contribution in [3.8, 4) is 0 Å². The molecule has 1 aliphatic heterocycles. The van der Waals surface area contributed by atoms with Gasteiger partial charge in [0.2, 0.25) is 0 Å². The molecule has 2 heterocycles. The number of hydrogen-bond donors (Lipinski definition) is 1. The van der Waals surface area contributed by atoms with Crippen molar-refractivity contribution in [2.45, 2.75) is 6.42 Å². The van der Waals surface area contributed by atoms with Gasteiger partial charge in [0.15, 0.2) is 5.58 Å². The highest BCUT2D eigenvalue weighted by atomic mass is 32.2. The Hall–Kier alpha value is -2.17. The van der Waals surface area contributed by atoms with E-state index in [-0.39, 0.29) is 12.5 Å². The van der Waals surface area contributed by atoms with E-state index in [1.807, 2.05) is 0 Å². The number of carbonyl (C=O) groups excluding carboxylic acids is 1. The molecule has 0 bridgehead atoms. The molecule has 1 amide bonds. The van der Waals surface area contributed by atoms with Gasteiger partial charge in [-0.25, -0.2) is 4.79 Å². The van der Waals surface area contributed by atoms with Crippen LogP contribution in [-0.4, -0.2) is 73.1 Å². The molecule has 0 saturated carbocycles. The first-order chi connectivity index (χ1) is 11.8. The van der Waals surface area contributed by atoms with E-state index in [2.05, 4.69) is 4.98 Å². The molecule has 1 aromatic carbocycles. The molecule has 0 aliphatic carbocycles. The maximum atomic E-state index is 12.7. The molecule has 1 saturated heterocycles. The molecule has 9 nitrogen and oxygen atoms in total. The Morgan fingerprint density at radius 2 is 1.96 bits per heavy atom. The van der Waals surface area contributed by atoms with Gasteiger partial charge >= 0.3 is 5.76 Å². The maximum absolute atomic E-state index is 12.7. The molecule has 10 heteroatoms. The molecule has 1 N–H and O–H groups in total. The minimum absolute atomic E-state index is 0.213. The summed E-state index contributed by atoms with van der Waals surface area (Å²) in [6, 6.07) is 4.76. The largest absolute Gasteiger partial charge is 0.417 e. The van der Waals surface area contributed by atoms with Gasteiger partial charge in [-0.2, -0.15) is 17.0 Å². The van der Waals surface area contributed by atoms with E-state index < -0.39 is 16.0 Å². The molecule has 0 unspecified atom stereocenters. The van der Waals surface area contributed by atoms with Crippen molar-refractivity contribution in [2.24, 2.45) is 0 Å². The van der Waals surface area contributed by atoms with Crippen LogP contribution >= 0.6 is 0 Å². The molecular weight excluding hydrogens is 348 g/mol. The third-order valence-electron chi connectivity index (χ3n) is 4.20. The molecule has 25 heavy (non-hydrogen) atoms. The van der Waals surface area contributed by atoms with Gasteiger partial charge in [0.05, 0.1) is 5.52 Å². The number of aromatic amines is 1. The van der Waals surface area contributed by atoms with E-state index in [9.17, 15) is 18.0 Å². The average Bonchev–Trinajstić information content (AvgIpc) is 2.77. The number of amides is 1. The molecule has 1 aromatic heterocycles. The summed E-state index contributed by atoms with van der Waals surface area (Å²) in [4.78, 5) is 28.1. The van der Waals surface area contributed by atoms with Crippen LogP contribution < -0.4 is 5.76 Å². The van der Waals surface area contributed by atoms with E-state index in [0.29, 0.717) is 42.7 Å². The summed E-state index contributed by atoms with van der Waals surface area (Å²) in [6.45, 7) is 1.39. The standard InChI is InChI=1S/C15H20N4O5S/c1-17(2)25(22,23)19-7-3-6-18(8-9-19)14(20)11-4-5-12-13(10-11)24-15(21)16-12/h4-5,10H,3,6-9H2,1-2H3,(H,16,21). The molecule has 0 atom stereocenters. The molecular formula is C15H20N4O5S. The lowest BCUT2D eigenvalue weighted by atomic mass is 10.1. The van der Waals surface area contributed by atoms with Gasteiger partial charge in [0, 0.05) is 45.8 Å². The minimum Gasteiger partial charge on any atom is -0.408 e. The van der Waals surface area contributed by atoms with E-state index >= 15 is 0 Å². The zero-order valence-electron chi connectivity index (χ0n) is 14.1. The van der Waals surface area contributed by atoms with Crippen molar-refractivity contribution in [3.05, 3.63) is 34.3 Å². The Morgan fingerprint density at radius 3 is 2.68 bits per heavy atom. The quantitative estimate of drug-likeness (QED) is 0.825. The number of H-pyrrole nitrogens is 1. The van der Waals surface area contributed by atoms with Crippen molar-refractivity contribution < 1.29 is 17.6 Å².